The van der Waals surface area contributed by atoms with Crippen molar-refractivity contribution in [2.45, 2.75) is 13.0 Å². The van der Waals surface area contributed by atoms with Crippen LogP contribution in [0.1, 0.15) is 18.5 Å². The van der Waals surface area contributed by atoms with Gasteiger partial charge in [-0.05, 0) is 18.6 Å². The number of hydrogen-bond donors (Lipinski definition) is 1. The van der Waals surface area contributed by atoms with Crippen LogP contribution in [0.15, 0.2) is 24.4 Å². The molecule has 0 saturated carbocycles. The van der Waals surface area contributed by atoms with E-state index >= 15 is 0 Å². The van der Waals surface area contributed by atoms with Crippen molar-refractivity contribution < 1.29 is 0 Å². The standard InChI is InChI=1S/C10H13N3/c1-7(11)8-4-3-5-10-9(8)6-12-13(10)2/h3-7H,11H2,1-2H3/t7-/m1/s1. The second-order valence-corrected chi connectivity index (χ2v) is 3.34. The minimum Gasteiger partial charge on any atom is -0.324 e. The van der Waals surface area contributed by atoms with Gasteiger partial charge in [0.25, 0.3) is 0 Å². The van der Waals surface area contributed by atoms with Gasteiger partial charge >= 0.3 is 0 Å². The molecule has 68 valence electrons. The number of nitrogens with two attached hydrogens (primary N) is 1. The fourth-order valence-corrected chi connectivity index (χ4v) is 1.60. The molecule has 0 bridgehead atoms. The van der Waals surface area contributed by atoms with Crippen molar-refractivity contribution in [1.29, 1.82) is 0 Å². The normalized spacial score (nSPS) is 13.5. The molecule has 0 unspecified atom stereocenters. The van der Waals surface area contributed by atoms with Gasteiger partial charge in [-0.25, -0.2) is 0 Å². The summed E-state index contributed by atoms with van der Waals surface area (Å²) in [5.74, 6) is 0. The van der Waals surface area contributed by atoms with Crippen LogP contribution >= 0.6 is 0 Å². The first-order valence-electron chi connectivity index (χ1n) is 4.36. The van der Waals surface area contributed by atoms with Gasteiger partial charge in [-0.15, -0.1) is 0 Å². The van der Waals surface area contributed by atoms with Crippen molar-refractivity contribution in [3.05, 3.63) is 30.0 Å². The molecular formula is C10H13N3. The fraction of sp³-hybridized carbons (Fsp3) is 0.300. The van der Waals surface area contributed by atoms with Crippen LogP contribution < -0.4 is 5.73 Å². The summed E-state index contributed by atoms with van der Waals surface area (Å²) in [6, 6.07) is 6.18. The Labute approximate surface area is 77.2 Å². The van der Waals surface area contributed by atoms with Gasteiger partial charge in [0.15, 0.2) is 0 Å². The topological polar surface area (TPSA) is 43.8 Å². The van der Waals surface area contributed by atoms with Crippen LogP contribution in [0.25, 0.3) is 10.9 Å². The van der Waals surface area contributed by atoms with E-state index in [1.54, 1.807) is 0 Å². The minimum atomic E-state index is 0.0629. The monoisotopic (exact) mass is 175 g/mol. The first-order chi connectivity index (χ1) is 6.20. The zero-order valence-corrected chi connectivity index (χ0v) is 7.86. The largest absolute Gasteiger partial charge is 0.324 e. The molecule has 0 aliphatic carbocycles. The number of aromatic nitrogens is 2. The summed E-state index contributed by atoms with van der Waals surface area (Å²) in [7, 11) is 1.94. The van der Waals surface area contributed by atoms with Crippen LogP contribution in [0.3, 0.4) is 0 Å². The molecule has 3 heteroatoms. The number of fused-ring (bicyclic) bond motifs is 1. The Kier molecular flexibility index (Phi) is 1.81. The van der Waals surface area contributed by atoms with Crippen LogP contribution in [0.4, 0.5) is 0 Å². The van der Waals surface area contributed by atoms with Gasteiger partial charge in [-0.3, -0.25) is 4.68 Å². The maximum Gasteiger partial charge on any atom is 0.0682 e. The molecule has 0 spiro atoms. The van der Waals surface area contributed by atoms with Gasteiger partial charge in [-0.2, -0.15) is 5.10 Å². The molecule has 0 aliphatic rings. The summed E-state index contributed by atoms with van der Waals surface area (Å²) in [5, 5.41) is 5.35. The summed E-state index contributed by atoms with van der Waals surface area (Å²) in [4.78, 5) is 0. The quantitative estimate of drug-likeness (QED) is 0.715. The highest BCUT2D eigenvalue weighted by molar-refractivity contribution is 5.82. The maximum atomic E-state index is 5.85. The molecule has 2 N–H and O–H groups in total. The summed E-state index contributed by atoms with van der Waals surface area (Å²) in [5.41, 5.74) is 8.14. The molecule has 1 aromatic carbocycles. The van der Waals surface area contributed by atoms with E-state index in [9.17, 15) is 0 Å². The Bertz CT molecular complexity index is 429. The number of aryl methyl sites for hydroxylation is 1. The second-order valence-electron chi connectivity index (χ2n) is 3.34. The van der Waals surface area contributed by atoms with E-state index in [-0.39, 0.29) is 6.04 Å². The van der Waals surface area contributed by atoms with Crippen molar-refractivity contribution in [3.8, 4) is 0 Å². The molecule has 0 amide bonds. The molecule has 1 atom stereocenters. The molecule has 0 radical (unpaired) electrons. The van der Waals surface area contributed by atoms with E-state index in [4.69, 9.17) is 5.73 Å². The first-order valence-corrected chi connectivity index (χ1v) is 4.36. The first kappa shape index (κ1) is 8.26. The molecule has 1 aromatic heterocycles. The van der Waals surface area contributed by atoms with Crippen molar-refractivity contribution >= 4 is 10.9 Å². The van der Waals surface area contributed by atoms with Gasteiger partial charge in [0.2, 0.25) is 0 Å². The van der Waals surface area contributed by atoms with E-state index in [1.165, 1.54) is 0 Å². The van der Waals surface area contributed by atoms with Crippen molar-refractivity contribution in [2.24, 2.45) is 12.8 Å². The molecule has 0 fully saturated rings. The SMILES string of the molecule is C[C@@H](N)c1cccc2c1cnn2C. The Morgan fingerprint density at radius 3 is 2.92 bits per heavy atom. The minimum absolute atomic E-state index is 0.0629. The summed E-state index contributed by atoms with van der Waals surface area (Å²) < 4.78 is 1.86. The van der Waals surface area contributed by atoms with E-state index in [2.05, 4.69) is 11.2 Å². The number of hydrogen-bond acceptors (Lipinski definition) is 2. The van der Waals surface area contributed by atoms with Crippen molar-refractivity contribution in [3.63, 3.8) is 0 Å². The predicted molar refractivity (Wildman–Crippen MR) is 53.3 cm³/mol. The maximum absolute atomic E-state index is 5.85. The van der Waals surface area contributed by atoms with Gasteiger partial charge < -0.3 is 5.73 Å². The second kappa shape index (κ2) is 2.85. The highest BCUT2D eigenvalue weighted by Crippen LogP contribution is 2.21. The summed E-state index contributed by atoms with van der Waals surface area (Å²) in [6.45, 7) is 1.99. The highest BCUT2D eigenvalue weighted by atomic mass is 15.2. The van der Waals surface area contributed by atoms with E-state index in [0.717, 1.165) is 16.5 Å². The van der Waals surface area contributed by atoms with E-state index in [1.807, 2.05) is 37.0 Å². The lowest BCUT2D eigenvalue weighted by Crippen LogP contribution is -2.05. The van der Waals surface area contributed by atoms with Gasteiger partial charge in [0.1, 0.15) is 0 Å². The lowest BCUT2D eigenvalue weighted by atomic mass is 10.1. The Hall–Kier alpha value is -1.35. The molecule has 3 nitrogen and oxygen atoms in total. The van der Waals surface area contributed by atoms with Crippen LogP contribution in [-0.4, -0.2) is 9.78 Å². The highest BCUT2D eigenvalue weighted by Gasteiger charge is 2.07. The molecule has 0 aliphatic heterocycles. The van der Waals surface area contributed by atoms with Gasteiger partial charge in [0.05, 0.1) is 11.7 Å². The molecular weight excluding hydrogens is 162 g/mol. The molecule has 2 aromatic rings. The van der Waals surface area contributed by atoms with Crippen LogP contribution in [-0.2, 0) is 7.05 Å². The average Bonchev–Trinajstić information content (AvgIpc) is 2.48. The number of benzene rings is 1. The van der Waals surface area contributed by atoms with E-state index < -0.39 is 0 Å². The van der Waals surface area contributed by atoms with E-state index in [0.29, 0.717) is 0 Å². The zero-order valence-electron chi connectivity index (χ0n) is 7.86. The third-order valence-electron chi connectivity index (χ3n) is 2.32. The van der Waals surface area contributed by atoms with Crippen LogP contribution in [0.2, 0.25) is 0 Å². The molecule has 13 heavy (non-hydrogen) atoms. The zero-order chi connectivity index (χ0) is 9.42. The van der Waals surface area contributed by atoms with Crippen molar-refractivity contribution in [2.75, 3.05) is 0 Å². The van der Waals surface area contributed by atoms with Crippen molar-refractivity contribution in [1.82, 2.24) is 9.78 Å². The van der Waals surface area contributed by atoms with Crippen LogP contribution in [0.5, 0.6) is 0 Å². The average molecular weight is 175 g/mol. The lowest BCUT2D eigenvalue weighted by Gasteiger charge is -2.06. The molecule has 2 rings (SSSR count). The smallest absolute Gasteiger partial charge is 0.0682 e. The molecule has 1 heterocycles. The number of nitrogens with zero attached hydrogens (tertiary/aromatic N) is 2. The van der Waals surface area contributed by atoms with Gasteiger partial charge in [-0.1, -0.05) is 12.1 Å². The van der Waals surface area contributed by atoms with Crippen LogP contribution in [0, 0.1) is 0 Å². The molecule has 0 saturated heterocycles. The predicted octanol–water partition coefficient (Wildman–Crippen LogP) is 1.59. The third-order valence-corrected chi connectivity index (χ3v) is 2.32. The number of rotatable bonds is 1. The Morgan fingerprint density at radius 1 is 1.46 bits per heavy atom. The Morgan fingerprint density at radius 2 is 2.23 bits per heavy atom. The Balaban J connectivity index is 2.77. The third kappa shape index (κ3) is 1.21. The van der Waals surface area contributed by atoms with Gasteiger partial charge in [0, 0.05) is 18.5 Å². The fourth-order valence-electron chi connectivity index (χ4n) is 1.60. The lowest BCUT2D eigenvalue weighted by molar-refractivity contribution is 0.796. The summed E-state index contributed by atoms with van der Waals surface area (Å²) >= 11 is 0. The summed E-state index contributed by atoms with van der Waals surface area (Å²) in [6.07, 6.45) is 1.87.